The summed E-state index contributed by atoms with van der Waals surface area (Å²) in [6.45, 7) is 0. The van der Waals surface area contributed by atoms with Gasteiger partial charge in [0.1, 0.15) is 0 Å². The average Bonchev–Trinajstić information content (AvgIpc) is 0.918. The van der Waals surface area contributed by atoms with Gasteiger partial charge in [-0.3, -0.25) is 0 Å². The third-order valence-corrected chi connectivity index (χ3v) is 0. The molecule has 36 valence electrons. The Labute approximate surface area is 72.5 Å². The summed E-state index contributed by atoms with van der Waals surface area (Å²) in [5, 5.41) is 0.194. The molecule has 0 aliphatic carbocycles. The van der Waals surface area contributed by atoms with E-state index in [4.69, 9.17) is 23.2 Å². The molecular formula is CH2Cl4Zn. The van der Waals surface area contributed by atoms with Crippen LogP contribution in [0.15, 0.2) is 0 Å². The van der Waals surface area contributed by atoms with Crippen LogP contribution in [0.5, 0.6) is 0 Å². The second kappa shape index (κ2) is 29.3. The van der Waals surface area contributed by atoms with Crippen LogP contribution in [-0.4, -0.2) is 5.34 Å². The van der Waals surface area contributed by atoms with Gasteiger partial charge in [-0.05, 0) is 0 Å². The summed E-state index contributed by atoms with van der Waals surface area (Å²) in [6, 6.07) is 0. The second-order valence-corrected chi connectivity index (χ2v) is 0.909. The summed E-state index contributed by atoms with van der Waals surface area (Å²) >= 11 is 9.53. The van der Waals surface area contributed by atoms with Gasteiger partial charge in [0.25, 0.3) is 0 Å². The molecule has 0 fully saturated rings. The zero-order chi connectivity index (χ0) is 2.71. The van der Waals surface area contributed by atoms with E-state index in [0.29, 0.717) is 0 Å². The molecule has 5 heteroatoms. The van der Waals surface area contributed by atoms with Crippen LogP contribution in [0.3, 0.4) is 0 Å². The van der Waals surface area contributed by atoms with Crippen molar-refractivity contribution in [3.8, 4) is 0 Å². The molecule has 0 saturated heterocycles. The Morgan fingerprint density at radius 3 is 1.00 bits per heavy atom. The molecule has 0 N–H and O–H groups in total. The van der Waals surface area contributed by atoms with Crippen molar-refractivity contribution in [2.24, 2.45) is 0 Å². The van der Waals surface area contributed by atoms with Crippen LogP contribution in [0, 0.1) is 0 Å². The minimum absolute atomic E-state index is 0. The number of hydrogen-bond donors (Lipinski definition) is 0. The van der Waals surface area contributed by atoms with Crippen molar-refractivity contribution < 1.29 is 44.3 Å². The maximum atomic E-state index is 4.76. The van der Waals surface area contributed by atoms with E-state index >= 15 is 0 Å². The third kappa shape index (κ3) is 41.6. The minimum Gasteiger partial charge on any atom is -1.00 e. The van der Waals surface area contributed by atoms with Gasteiger partial charge in [0.05, 0.1) is 5.34 Å². The Morgan fingerprint density at radius 2 is 1.00 bits per heavy atom. The molecule has 0 aromatic carbocycles. The molecular weight excluding hydrogens is 219 g/mol. The quantitative estimate of drug-likeness (QED) is 0.285. The molecule has 6 heavy (non-hydrogen) atoms. The van der Waals surface area contributed by atoms with Gasteiger partial charge in [-0.2, -0.15) is 0 Å². The molecule has 0 amide bonds. The first kappa shape index (κ1) is 25.0. The molecule has 0 nitrogen and oxygen atoms in total. The summed E-state index contributed by atoms with van der Waals surface area (Å²) in [4.78, 5) is 0. The third-order valence-electron chi connectivity index (χ3n) is 0. The maximum Gasteiger partial charge on any atom is 2.00 e. The summed E-state index contributed by atoms with van der Waals surface area (Å²) in [6.07, 6.45) is 0. The van der Waals surface area contributed by atoms with E-state index in [1.807, 2.05) is 0 Å². The molecule has 0 aromatic rings. The Kier molecular flexibility index (Phi) is 122. The van der Waals surface area contributed by atoms with Crippen molar-refractivity contribution in [3.05, 3.63) is 0 Å². The van der Waals surface area contributed by atoms with Gasteiger partial charge in [-0.25, -0.2) is 0 Å². The number of rotatable bonds is 0. The Hall–Kier alpha value is 1.78. The molecule has 0 atom stereocenters. The first-order chi connectivity index (χ1) is 1.41. The monoisotopic (exact) mass is 218 g/mol. The smallest absolute Gasteiger partial charge is 1.00 e. The van der Waals surface area contributed by atoms with Crippen molar-refractivity contribution >= 4 is 23.2 Å². The predicted octanol–water partition coefficient (Wildman–Crippen LogP) is -4.57. The molecule has 0 aliphatic heterocycles. The normalized spacial score (nSPS) is 3.00. The maximum absolute atomic E-state index is 4.76. The number of alkyl halides is 2. The first-order valence-electron chi connectivity index (χ1n) is 0.535. The standard InChI is InChI=1S/CH2Cl2.2ClH.Zn/c2-1-3;;;/h1H2;2*1H;/q;;;+2/p-2. The molecule has 0 spiro atoms. The van der Waals surface area contributed by atoms with Gasteiger partial charge in [0, 0.05) is 0 Å². The molecule has 0 radical (unpaired) electrons. The molecule has 0 rings (SSSR count). The largest absolute Gasteiger partial charge is 2.00 e. The fraction of sp³-hybridized carbons (Fsp3) is 1.00. The molecule has 0 saturated carbocycles. The second-order valence-electron chi connectivity index (χ2n) is 0.101. The van der Waals surface area contributed by atoms with Crippen LogP contribution in [0.4, 0.5) is 0 Å². The van der Waals surface area contributed by atoms with E-state index in [0.717, 1.165) is 0 Å². The van der Waals surface area contributed by atoms with Crippen molar-refractivity contribution in [1.29, 1.82) is 0 Å². The van der Waals surface area contributed by atoms with E-state index in [1.54, 1.807) is 0 Å². The molecule has 0 heterocycles. The topological polar surface area (TPSA) is 0 Å². The Balaban J connectivity index is -0.00000000667. The fourth-order valence-corrected chi connectivity index (χ4v) is 0. The number of halogens is 4. The van der Waals surface area contributed by atoms with E-state index in [1.165, 1.54) is 0 Å². The van der Waals surface area contributed by atoms with Crippen molar-refractivity contribution in [3.63, 3.8) is 0 Å². The summed E-state index contributed by atoms with van der Waals surface area (Å²) in [5.41, 5.74) is 0. The molecule has 0 unspecified atom stereocenters. The minimum atomic E-state index is 0. The van der Waals surface area contributed by atoms with Crippen molar-refractivity contribution in [2.75, 3.05) is 5.34 Å². The van der Waals surface area contributed by atoms with Gasteiger partial charge in [-0.15, -0.1) is 23.2 Å². The first-order valence-corrected chi connectivity index (χ1v) is 1.60. The SMILES string of the molecule is ClCCl.[Cl-].[Cl-].[Zn+2]. The Morgan fingerprint density at radius 1 is 1.00 bits per heavy atom. The van der Waals surface area contributed by atoms with E-state index in [2.05, 4.69) is 0 Å². The van der Waals surface area contributed by atoms with Gasteiger partial charge in [0.15, 0.2) is 0 Å². The Bertz CT molecular complexity index is 7.51. The van der Waals surface area contributed by atoms with Crippen molar-refractivity contribution in [1.82, 2.24) is 0 Å². The van der Waals surface area contributed by atoms with Gasteiger partial charge < -0.3 is 24.8 Å². The van der Waals surface area contributed by atoms with Crippen LogP contribution in [0.1, 0.15) is 0 Å². The zero-order valence-electron chi connectivity index (χ0n) is 2.93. The van der Waals surface area contributed by atoms with Gasteiger partial charge >= 0.3 is 19.5 Å². The van der Waals surface area contributed by atoms with E-state index in [9.17, 15) is 0 Å². The fourth-order valence-electron chi connectivity index (χ4n) is 0. The van der Waals surface area contributed by atoms with Crippen LogP contribution in [0.2, 0.25) is 0 Å². The van der Waals surface area contributed by atoms with Crippen molar-refractivity contribution in [2.45, 2.75) is 0 Å². The summed E-state index contributed by atoms with van der Waals surface area (Å²) < 4.78 is 0. The number of hydrogen-bond acceptors (Lipinski definition) is 0. The predicted molar refractivity (Wildman–Crippen MR) is 16.6 cm³/mol. The van der Waals surface area contributed by atoms with Crippen LogP contribution in [-0.2, 0) is 19.5 Å². The van der Waals surface area contributed by atoms with Crippen LogP contribution >= 0.6 is 23.2 Å². The molecule has 0 aliphatic rings. The zero-order valence-corrected chi connectivity index (χ0v) is 8.92. The summed E-state index contributed by atoms with van der Waals surface area (Å²) in [7, 11) is 0. The summed E-state index contributed by atoms with van der Waals surface area (Å²) in [5.74, 6) is 0. The molecule has 0 aromatic heterocycles. The van der Waals surface area contributed by atoms with E-state index < -0.39 is 0 Å². The van der Waals surface area contributed by atoms with Crippen LogP contribution < -0.4 is 24.8 Å². The van der Waals surface area contributed by atoms with Crippen LogP contribution in [0.25, 0.3) is 0 Å². The molecule has 0 bridgehead atoms. The van der Waals surface area contributed by atoms with Gasteiger partial charge in [0.2, 0.25) is 0 Å². The van der Waals surface area contributed by atoms with E-state index in [-0.39, 0.29) is 49.6 Å². The average molecular weight is 221 g/mol. The van der Waals surface area contributed by atoms with Gasteiger partial charge in [-0.1, -0.05) is 0 Å².